The highest BCUT2D eigenvalue weighted by Crippen LogP contribution is 2.17. The summed E-state index contributed by atoms with van der Waals surface area (Å²) in [5.74, 6) is 0.0634. The summed E-state index contributed by atoms with van der Waals surface area (Å²) in [6, 6.07) is 10.4. The van der Waals surface area contributed by atoms with Crippen molar-refractivity contribution in [1.29, 1.82) is 0 Å². The van der Waals surface area contributed by atoms with Gasteiger partial charge in [-0.1, -0.05) is 18.2 Å². The highest BCUT2D eigenvalue weighted by Gasteiger charge is 2.16. The lowest BCUT2D eigenvalue weighted by atomic mass is 10.1. The van der Waals surface area contributed by atoms with Crippen LogP contribution in [0.25, 0.3) is 10.9 Å². The van der Waals surface area contributed by atoms with Crippen LogP contribution < -0.4 is 5.32 Å². The van der Waals surface area contributed by atoms with Gasteiger partial charge in [-0.3, -0.25) is 9.48 Å². The highest BCUT2D eigenvalue weighted by atomic mass is 16.1. The number of likely N-dealkylation sites (N-methyl/N-ethyl adjacent to an activating group) is 1. The van der Waals surface area contributed by atoms with Gasteiger partial charge in [0.15, 0.2) is 0 Å². The van der Waals surface area contributed by atoms with Gasteiger partial charge in [-0.2, -0.15) is 5.10 Å². The summed E-state index contributed by atoms with van der Waals surface area (Å²) >= 11 is 0. The Balaban J connectivity index is 1.55. The lowest BCUT2D eigenvalue weighted by molar-refractivity contribution is -0.121. The van der Waals surface area contributed by atoms with Crippen molar-refractivity contribution in [1.82, 2.24) is 24.6 Å². The third-order valence-corrected chi connectivity index (χ3v) is 4.49. The molecular weight excluding hydrogens is 314 g/mol. The van der Waals surface area contributed by atoms with Crippen LogP contribution in [0.4, 0.5) is 0 Å². The van der Waals surface area contributed by atoms with Crippen molar-refractivity contribution < 1.29 is 4.79 Å². The number of carbonyl (C=O) groups excluding carboxylic acids is 1. The van der Waals surface area contributed by atoms with E-state index in [4.69, 9.17) is 0 Å². The highest BCUT2D eigenvalue weighted by molar-refractivity contribution is 5.80. The molecule has 25 heavy (non-hydrogen) atoms. The predicted molar refractivity (Wildman–Crippen MR) is 99.2 cm³/mol. The number of hydrogen-bond donors (Lipinski definition) is 1. The molecule has 0 aliphatic carbocycles. The van der Waals surface area contributed by atoms with Gasteiger partial charge in [-0.25, -0.2) is 0 Å². The fraction of sp³-hybridized carbons (Fsp3) is 0.368. The number of aryl methyl sites for hydroxylation is 2. The number of nitrogens with zero attached hydrogens (tertiary/aromatic N) is 4. The van der Waals surface area contributed by atoms with Crippen LogP contribution in [0.15, 0.2) is 48.9 Å². The number of amides is 1. The van der Waals surface area contributed by atoms with Gasteiger partial charge < -0.3 is 14.8 Å². The molecule has 1 atom stereocenters. The summed E-state index contributed by atoms with van der Waals surface area (Å²) in [5.41, 5.74) is 2.26. The molecule has 0 fully saturated rings. The SMILES string of the molecule is CN(C)[C@H](CNC(=O)CCn1ccc2ccccc21)c1cnn(C)c1. The van der Waals surface area contributed by atoms with E-state index in [1.54, 1.807) is 4.68 Å². The van der Waals surface area contributed by atoms with E-state index in [1.807, 2.05) is 51.9 Å². The van der Waals surface area contributed by atoms with E-state index in [1.165, 1.54) is 5.39 Å². The molecule has 132 valence electrons. The number of fused-ring (bicyclic) bond motifs is 1. The normalized spacial score (nSPS) is 12.6. The molecule has 0 unspecified atom stereocenters. The van der Waals surface area contributed by atoms with E-state index in [0.717, 1.165) is 11.1 Å². The van der Waals surface area contributed by atoms with Crippen molar-refractivity contribution in [2.45, 2.75) is 19.0 Å². The summed E-state index contributed by atoms with van der Waals surface area (Å²) in [6.45, 7) is 1.25. The maximum atomic E-state index is 12.3. The van der Waals surface area contributed by atoms with Crippen molar-refractivity contribution in [2.75, 3.05) is 20.6 Å². The molecule has 1 amide bonds. The number of benzene rings is 1. The second-order valence-corrected chi connectivity index (χ2v) is 6.55. The fourth-order valence-electron chi connectivity index (χ4n) is 3.07. The molecule has 3 rings (SSSR count). The van der Waals surface area contributed by atoms with Gasteiger partial charge >= 0.3 is 0 Å². The average Bonchev–Trinajstić information content (AvgIpc) is 3.19. The zero-order valence-electron chi connectivity index (χ0n) is 15.0. The number of para-hydroxylation sites is 1. The van der Waals surface area contributed by atoms with Gasteiger partial charge in [0.05, 0.1) is 12.2 Å². The molecule has 2 heterocycles. The Morgan fingerprint density at radius 1 is 1.28 bits per heavy atom. The third-order valence-electron chi connectivity index (χ3n) is 4.49. The predicted octanol–water partition coefficient (Wildman–Crippen LogP) is 2.18. The van der Waals surface area contributed by atoms with Crippen LogP contribution in [0.5, 0.6) is 0 Å². The minimum absolute atomic E-state index is 0.0634. The van der Waals surface area contributed by atoms with Gasteiger partial charge in [0.1, 0.15) is 0 Å². The standard InChI is InChI=1S/C19H25N5O/c1-22(2)18(16-12-21-23(3)14-16)13-20-19(25)9-11-24-10-8-15-6-4-5-7-17(15)24/h4-8,10,12,14,18H,9,11,13H2,1-3H3,(H,20,25)/t18-/m1/s1. The van der Waals surface area contributed by atoms with Crippen LogP contribution in [0, 0.1) is 0 Å². The van der Waals surface area contributed by atoms with Gasteiger partial charge in [-0.05, 0) is 31.6 Å². The van der Waals surface area contributed by atoms with Crippen molar-refractivity contribution in [3.8, 4) is 0 Å². The molecule has 0 saturated heterocycles. The molecule has 0 saturated carbocycles. The number of aromatic nitrogens is 3. The van der Waals surface area contributed by atoms with Gasteiger partial charge in [0.25, 0.3) is 0 Å². The maximum absolute atomic E-state index is 12.3. The maximum Gasteiger partial charge on any atom is 0.221 e. The first-order valence-electron chi connectivity index (χ1n) is 8.50. The van der Waals surface area contributed by atoms with Crippen LogP contribution in [-0.4, -0.2) is 45.8 Å². The summed E-state index contributed by atoms with van der Waals surface area (Å²) in [5, 5.41) is 8.47. The number of hydrogen-bond acceptors (Lipinski definition) is 3. The Labute approximate surface area is 148 Å². The lowest BCUT2D eigenvalue weighted by Gasteiger charge is -2.23. The molecular formula is C19H25N5O. The molecule has 3 aromatic rings. The van der Waals surface area contributed by atoms with E-state index < -0.39 is 0 Å². The Morgan fingerprint density at radius 3 is 2.80 bits per heavy atom. The molecule has 6 nitrogen and oxygen atoms in total. The summed E-state index contributed by atoms with van der Waals surface area (Å²) in [6.07, 6.45) is 6.34. The third kappa shape index (κ3) is 4.09. The monoisotopic (exact) mass is 339 g/mol. The molecule has 0 bridgehead atoms. The van der Waals surface area contributed by atoms with Crippen molar-refractivity contribution in [3.05, 3.63) is 54.5 Å². The van der Waals surface area contributed by atoms with Crippen LogP contribution in [0.3, 0.4) is 0 Å². The zero-order chi connectivity index (χ0) is 17.8. The molecule has 0 aliphatic heterocycles. The summed E-state index contributed by atoms with van der Waals surface area (Å²) in [7, 11) is 5.92. The topological polar surface area (TPSA) is 55.1 Å². The van der Waals surface area contributed by atoms with Crippen LogP contribution in [0.2, 0.25) is 0 Å². The molecule has 0 radical (unpaired) electrons. The van der Waals surface area contributed by atoms with Crippen LogP contribution in [-0.2, 0) is 18.4 Å². The van der Waals surface area contributed by atoms with Crippen molar-refractivity contribution in [2.24, 2.45) is 7.05 Å². The van der Waals surface area contributed by atoms with E-state index >= 15 is 0 Å². The van der Waals surface area contributed by atoms with Crippen molar-refractivity contribution >= 4 is 16.8 Å². The second-order valence-electron chi connectivity index (χ2n) is 6.55. The first-order valence-corrected chi connectivity index (χ1v) is 8.50. The zero-order valence-corrected chi connectivity index (χ0v) is 15.0. The molecule has 1 N–H and O–H groups in total. The largest absolute Gasteiger partial charge is 0.354 e. The Kier molecular flexibility index (Phi) is 5.19. The Hall–Kier alpha value is -2.60. The summed E-state index contributed by atoms with van der Waals surface area (Å²) < 4.78 is 3.91. The second kappa shape index (κ2) is 7.53. The smallest absolute Gasteiger partial charge is 0.221 e. The molecule has 1 aromatic carbocycles. The van der Waals surface area contributed by atoms with E-state index in [9.17, 15) is 4.79 Å². The summed E-state index contributed by atoms with van der Waals surface area (Å²) in [4.78, 5) is 14.4. The lowest BCUT2D eigenvalue weighted by Crippen LogP contribution is -2.34. The number of nitrogens with one attached hydrogen (secondary N) is 1. The van der Waals surface area contributed by atoms with Crippen LogP contribution >= 0.6 is 0 Å². The van der Waals surface area contributed by atoms with Gasteiger partial charge in [0, 0.05) is 50.0 Å². The first-order chi connectivity index (χ1) is 12.0. The first kappa shape index (κ1) is 17.2. The molecule has 0 aliphatic rings. The van der Waals surface area contributed by atoms with E-state index in [-0.39, 0.29) is 11.9 Å². The number of carbonyl (C=O) groups is 1. The van der Waals surface area contributed by atoms with E-state index in [0.29, 0.717) is 19.5 Å². The fourth-order valence-corrected chi connectivity index (χ4v) is 3.07. The van der Waals surface area contributed by atoms with E-state index in [2.05, 4.69) is 38.1 Å². The van der Waals surface area contributed by atoms with Crippen LogP contribution in [0.1, 0.15) is 18.0 Å². The Morgan fingerprint density at radius 2 is 2.08 bits per heavy atom. The van der Waals surface area contributed by atoms with Gasteiger partial charge in [-0.15, -0.1) is 0 Å². The molecule has 6 heteroatoms. The minimum Gasteiger partial charge on any atom is -0.354 e. The quantitative estimate of drug-likeness (QED) is 0.718. The minimum atomic E-state index is 0.0634. The average molecular weight is 339 g/mol. The number of rotatable bonds is 7. The van der Waals surface area contributed by atoms with Crippen molar-refractivity contribution in [3.63, 3.8) is 0 Å². The molecule has 0 spiro atoms. The Bertz CT molecular complexity index is 848. The van der Waals surface area contributed by atoms with Gasteiger partial charge in [0.2, 0.25) is 5.91 Å². The molecule has 2 aromatic heterocycles.